The first kappa shape index (κ1) is 17.0. The minimum atomic E-state index is -0.107. The van der Waals surface area contributed by atoms with E-state index in [0.29, 0.717) is 12.5 Å². The Hall–Kier alpha value is -2.04. The molecule has 0 heterocycles. The van der Waals surface area contributed by atoms with Crippen LogP contribution in [0.2, 0.25) is 0 Å². The summed E-state index contributed by atoms with van der Waals surface area (Å²) in [4.78, 5) is 24.7. The highest BCUT2D eigenvalue weighted by Gasteiger charge is 2.10. The zero-order chi connectivity index (χ0) is 15.8. The number of anilines is 1. The van der Waals surface area contributed by atoms with Gasteiger partial charge in [-0.3, -0.25) is 4.79 Å². The molecule has 3 amide bonds. The molecular formula is C16H25N3O2. The van der Waals surface area contributed by atoms with Gasteiger partial charge in [0, 0.05) is 32.7 Å². The third-order valence-electron chi connectivity index (χ3n) is 3.32. The number of carbonyl (C=O) groups excluding carboxylic acids is 2. The lowest BCUT2D eigenvalue weighted by Crippen LogP contribution is -2.39. The molecule has 1 atom stereocenters. The standard InChI is InChI=1S/C16H25N3O2/c1-5-12(2)11-19(4)16(21)17-10-14-7-6-8-15(9-14)18-13(3)20/h6-9,12H,5,10-11H2,1-4H3,(H,17,21)(H,18,20)/t12-/m1/s1. The number of urea groups is 1. The maximum atomic E-state index is 12.0. The lowest BCUT2D eigenvalue weighted by atomic mass is 10.1. The van der Waals surface area contributed by atoms with Crippen LogP contribution in [0, 0.1) is 5.92 Å². The van der Waals surface area contributed by atoms with Crippen molar-refractivity contribution in [2.24, 2.45) is 5.92 Å². The van der Waals surface area contributed by atoms with Crippen LogP contribution in [0.5, 0.6) is 0 Å². The molecule has 0 aromatic heterocycles. The molecule has 2 N–H and O–H groups in total. The SMILES string of the molecule is CC[C@@H](C)CN(C)C(=O)NCc1cccc(NC(C)=O)c1. The number of nitrogens with one attached hydrogen (secondary N) is 2. The van der Waals surface area contributed by atoms with Crippen LogP contribution in [0.25, 0.3) is 0 Å². The molecule has 0 unspecified atom stereocenters. The van der Waals surface area contributed by atoms with Crippen molar-refractivity contribution in [3.05, 3.63) is 29.8 Å². The summed E-state index contributed by atoms with van der Waals surface area (Å²) in [5.74, 6) is 0.383. The fourth-order valence-electron chi connectivity index (χ4n) is 1.95. The molecule has 0 radical (unpaired) electrons. The van der Waals surface area contributed by atoms with Gasteiger partial charge in [-0.1, -0.05) is 32.4 Å². The second kappa shape index (κ2) is 8.29. The molecule has 0 aliphatic rings. The number of amides is 3. The summed E-state index contributed by atoms with van der Waals surface area (Å²) in [7, 11) is 1.80. The van der Waals surface area contributed by atoms with Crippen molar-refractivity contribution in [3.63, 3.8) is 0 Å². The average Bonchev–Trinajstić information content (AvgIpc) is 2.44. The number of rotatable bonds is 6. The largest absolute Gasteiger partial charge is 0.334 e. The minimum absolute atomic E-state index is 0.0831. The Bertz CT molecular complexity index is 488. The first-order valence-corrected chi connectivity index (χ1v) is 7.27. The van der Waals surface area contributed by atoms with Gasteiger partial charge in [0.15, 0.2) is 0 Å². The Labute approximate surface area is 126 Å². The van der Waals surface area contributed by atoms with Crippen LogP contribution in [0.3, 0.4) is 0 Å². The van der Waals surface area contributed by atoms with E-state index in [-0.39, 0.29) is 11.9 Å². The van der Waals surface area contributed by atoms with E-state index in [2.05, 4.69) is 24.5 Å². The van der Waals surface area contributed by atoms with Gasteiger partial charge in [-0.25, -0.2) is 4.79 Å². The molecule has 1 aromatic rings. The molecular weight excluding hydrogens is 266 g/mol. The van der Waals surface area contributed by atoms with E-state index in [4.69, 9.17) is 0 Å². The zero-order valence-corrected chi connectivity index (χ0v) is 13.3. The normalized spacial score (nSPS) is 11.6. The average molecular weight is 291 g/mol. The van der Waals surface area contributed by atoms with E-state index in [0.717, 1.165) is 24.2 Å². The van der Waals surface area contributed by atoms with Crippen LogP contribution in [0.15, 0.2) is 24.3 Å². The first-order valence-electron chi connectivity index (χ1n) is 7.27. The Morgan fingerprint density at radius 3 is 2.67 bits per heavy atom. The quantitative estimate of drug-likeness (QED) is 0.846. The molecule has 0 aliphatic heterocycles. The summed E-state index contributed by atoms with van der Waals surface area (Å²) in [5.41, 5.74) is 1.69. The van der Waals surface area contributed by atoms with Gasteiger partial charge in [-0.05, 0) is 23.6 Å². The molecule has 0 aliphatic carbocycles. The third kappa shape index (κ3) is 6.29. The van der Waals surface area contributed by atoms with Gasteiger partial charge in [0.2, 0.25) is 5.91 Å². The summed E-state index contributed by atoms with van der Waals surface area (Å²) >= 11 is 0. The minimum Gasteiger partial charge on any atom is -0.334 e. The van der Waals surface area contributed by atoms with Crippen LogP contribution in [0.4, 0.5) is 10.5 Å². The molecule has 116 valence electrons. The van der Waals surface area contributed by atoms with Crippen molar-refractivity contribution in [2.45, 2.75) is 33.7 Å². The second-order valence-corrected chi connectivity index (χ2v) is 5.43. The Morgan fingerprint density at radius 2 is 2.05 bits per heavy atom. The second-order valence-electron chi connectivity index (χ2n) is 5.43. The molecule has 0 saturated heterocycles. The fraction of sp³-hybridized carbons (Fsp3) is 0.500. The van der Waals surface area contributed by atoms with Crippen LogP contribution < -0.4 is 10.6 Å². The smallest absolute Gasteiger partial charge is 0.317 e. The van der Waals surface area contributed by atoms with Gasteiger partial charge in [0.1, 0.15) is 0 Å². The van der Waals surface area contributed by atoms with Crippen LogP contribution in [0.1, 0.15) is 32.8 Å². The first-order chi connectivity index (χ1) is 9.92. The topological polar surface area (TPSA) is 61.4 Å². The lowest BCUT2D eigenvalue weighted by Gasteiger charge is -2.21. The van der Waals surface area contributed by atoms with Gasteiger partial charge in [0.25, 0.3) is 0 Å². The predicted molar refractivity (Wildman–Crippen MR) is 85.1 cm³/mol. The summed E-state index contributed by atoms with van der Waals surface area (Å²) in [6.45, 7) is 6.90. The van der Waals surface area contributed by atoms with Crippen molar-refractivity contribution >= 4 is 17.6 Å². The van der Waals surface area contributed by atoms with Gasteiger partial charge in [-0.15, -0.1) is 0 Å². The Kier molecular flexibility index (Phi) is 6.72. The molecule has 0 spiro atoms. The molecule has 1 aromatic carbocycles. The number of carbonyl (C=O) groups is 2. The molecule has 0 saturated carbocycles. The van der Waals surface area contributed by atoms with Crippen LogP contribution in [-0.4, -0.2) is 30.4 Å². The zero-order valence-electron chi connectivity index (χ0n) is 13.3. The summed E-state index contributed by atoms with van der Waals surface area (Å²) < 4.78 is 0. The summed E-state index contributed by atoms with van der Waals surface area (Å²) in [5, 5.41) is 5.61. The number of hydrogen-bond acceptors (Lipinski definition) is 2. The molecule has 5 heteroatoms. The van der Waals surface area contributed by atoms with Gasteiger partial charge in [0.05, 0.1) is 0 Å². The van der Waals surface area contributed by atoms with E-state index in [9.17, 15) is 9.59 Å². The van der Waals surface area contributed by atoms with Crippen molar-refractivity contribution in [3.8, 4) is 0 Å². The van der Waals surface area contributed by atoms with Crippen molar-refractivity contribution in [1.29, 1.82) is 0 Å². The lowest BCUT2D eigenvalue weighted by molar-refractivity contribution is -0.114. The van der Waals surface area contributed by atoms with Crippen molar-refractivity contribution in [2.75, 3.05) is 18.9 Å². The molecule has 1 rings (SSSR count). The van der Waals surface area contributed by atoms with Crippen LogP contribution >= 0.6 is 0 Å². The number of benzene rings is 1. The molecule has 0 fully saturated rings. The van der Waals surface area contributed by atoms with Gasteiger partial charge in [-0.2, -0.15) is 0 Å². The maximum absolute atomic E-state index is 12.0. The third-order valence-corrected chi connectivity index (χ3v) is 3.32. The maximum Gasteiger partial charge on any atom is 0.317 e. The van der Waals surface area contributed by atoms with E-state index in [1.165, 1.54) is 6.92 Å². The highest BCUT2D eigenvalue weighted by atomic mass is 16.2. The molecule has 0 bridgehead atoms. The van der Waals surface area contributed by atoms with Crippen molar-refractivity contribution < 1.29 is 9.59 Å². The Balaban J connectivity index is 2.51. The van der Waals surface area contributed by atoms with Crippen molar-refractivity contribution in [1.82, 2.24) is 10.2 Å². The van der Waals surface area contributed by atoms with E-state index >= 15 is 0 Å². The summed E-state index contributed by atoms with van der Waals surface area (Å²) in [6.07, 6.45) is 1.05. The molecule has 21 heavy (non-hydrogen) atoms. The number of nitrogens with zero attached hydrogens (tertiary/aromatic N) is 1. The van der Waals surface area contributed by atoms with E-state index in [1.54, 1.807) is 11.9 Å². The Morgan fingerprint density at radius 1 is 1.33 bits per heavy atom. The predicted octanol–water partition coefficient (Wildman–Crippen LogP) is 2.83. The molecule has 5 nitrogen and oxygen atoms in total. The number of hydrogen-bond donors (Lipinski definition) is 2. The monoisotopic (exact) mass is 291 g/mol. The van der Waals surface area contributed by atoms with Gasteiger partial charge >= 0.3 is 6.03 Å². The van der Waals surface area contributed by atoms with E-state index in [1.807, 2.05) is 24.3 Å². The highest BCUT2D eigenvalue weighted by Crippen LogP contribution is 2.10. The van der Waals surface area contributed by atoms with E-state index < -0.39 is 0 Å². The highest BCUT2D eigenvalue weighted by molar-refractivity contribution is 5.88. The summed E-state index contributed by atoms with van der Waals surface area (Å²) in [6, 6.07) is 7.37. The van der Waals surface area contributed by atoms with Crippen LogP contribution in [-0.2, 0) is 11.3 Å². The van der Waals surface area contributed by atoms with Gasteiger partial charge < -0.3 is 15.5 Å². The fourth-order valence-corrected chi connectivity index (χ4v) is 1.95.